The highest BCUT2D eigenvalue weighted by molar-refractivity contribution is 7.92. The van der Waals surface area contributed by atoms with Crippen molar-refractivity contribution in [1.29, 1.82) is 0 Å². The van der Waals surface area contributed by atoms with Crippen LogP contribution in [0.25, 0.3) is 0 Å². The zero-order valence-electron chi connectivity index (χ0n) is 15.7. The van der Waals surface area contributed by atoms with E-state index in [0.717, 1.165) is 11.1 Å². The molecule has 5 nitrogen and oxygen atoms in total. The molecule has 0 radical (unpaired) electrons. The summed E-state index contributed by atoms with van der Waals surface area (Å²) in [5.74, 6) is -0.406. The Morgan fingerprint density at radius 1 is 0.923 bits per heavy atom. The van der Waals surface area contributed by atoms with E-state index < -0.39 is 16.0 Å². The van der Waals surface area contributed by atoms with Gasteiger partial charge >= 0.3 is 5.97 Å². The van der Waals surface area contributed by atoms with Crippen LogP contribution in [0.4, 0.5) is 5.69 Å². The van der Waals surface area contributed by atoms with Crippen molar-refractivity contribution < 1.29 is 17.9 Å². The van der Waals surface area contributed by atoms with E-state index in [1.165, 1.54) is 19.2 Å². The van der Waals surface area contributed by atoms with E-state index in [4.69, 9.17) is 4.74 Å². The Morgan fingerprint density at radius 3 is 1.96 bits per heavy atom. The fourth-order valence-corrected chi connectivity index (χ4v) is 4.15. The Kier molecular flexibility index (Phi) is 6.08. The molecule has 26 heavy (non-hydrogen) atoms. The van der Waals surface area contributed by atoms with Crippen LogP contribution in [0, 0.1) is 0 Å². The molecule has 0 spiro atoms. The summed E-state index contributed by atoms with van der Waals surface area (Å²) in [7, 11) is -2.74. The molecule has 0 fully saturated rings. The highest BCUT2D eigenvalue weighted by Crippen LogP contribution is 2.34. The Balaban J connectivity index is 2.61. The average molecular weight is 375 g/mol. The maximum Gasteiger partial charge on any atom is 0.339 e. The molecule has 0 saturated heterocycles. The van der Waals surface area contributed by atoms with Crippen LogP contribution in [-0.4, -0.2) is 21.5 Å². The largest absolute Gasteiger partial charge is 0.465 e. The predicted molar refractivity (Wildman–Crippen MR) is 103 cm³/mol. The van der Waals surface area contributed by atoms with Gasteiger partial charge in [0.15, 0.2) is 0 Å². The van der Waals surface area contributed by atoms with Crippen molar-refractivity contribution in [3.05, 3.63) is 59.2 Å². The van der Waals surface area contributed by atoms with Gasteiger partial charge in [-0.2, -0.15) is 0 Å². The molecule has 0 unspecified atom stereocenters. The summed E-state index contributed by atoms with van der Waals surface area (Å²) in [5, 5.41) is 0. The van der Waals surface area contributed by atoms with E-state index in [-0.39, 0.29) is 22.3 Å². The van der Waals surface area contributed by atoms with Gasteiger partial charge in [-0.1, -0.05) is 58.0 Å². The van der Waals surface area contributed by atoms with Gasteiger partial charge in [-0.15, -0.1) is 0 Å². The van der Waals surface area contributed by atoms with Gasteiger partial charge in [-0.25, -0.2) is 13.2 Å². The summed E-state index contributed by atoms with van der Waals surface area (Å²) in [5.41, 5.74) is 2.42. The molecule has 6 heteroatoms. The number of hydrogen-bond donors (Lipinski definition) is 1. The van der Waals surface area contributed by atoms with E-state index >= 15 is 0 Å². The number of sulfonamides is 1. The van der Waals surface area contributed by atoms with Crippen molar-refractivity contribution in [2.75, 3.05) is 11.8 Å². The predicted octanol–water partition coefficient (Wildman–Crippen LogP) is 4.52. The van der Waals surface area contributed by atoms with Crippen LogP contribution in [0.2, 0.25) is 0 Å². The van der Waals surface area contributed by atoms with Crippen LogP contribution in [0.5, 0.6) is 0 Å². The quantitative estimate of drug-likeness (QED) is 0.754. The average Bonchev–Trinajstić information content (AvgIpc) is 2.60. The van der Waals surface area contributed by atoms with Gasteiger partial charge < -0.3 is 4.74 Å². The van der Waals surface area contributed by atoms with Crippen molar-refractivity contribution >= 4 is 21.7 Å². The number of anilines is 1. The van der Waals surface area contributed by atoms with Crippen LogP contribution in [0.3, 0.4) is 0 Å². The first kappa shape index (κ1) is 20.0. The normalized spacial score (nSPS) is 11.7. The first-order valence-electron chi connectivity index (χ1n) is 8.52. The number of nitrogens with one attached hydrogen (secondary N) is 1. The molecule has 0 amide bonds. The van der Waals surface area contributed by atoms with Crippen LogP contribution >= 0.6 is 0 Å². The van der Waals surface area contributed by atoms with Crippen molar-refractivity contribution in [1.82, 2.24) is 0 Å². The van der Waals surface area contributed by atoms with E-state index in [0.29, 0.717) is 5.69 Å². The highest BCUT2D eigenvalue weighted by atomic mass is 32.2. The van der Waals surface area contributed by atoms with Gasteiger partial charge in [0, 0.05) is 0 Å². The number of rotatable bonds is 6. The molecule has 140 valence electrons. The fraction of sp³-hybridized carbons (Fsp3) is 0.350. The molecule has 1 N–H and O–H groups in total. The third kappa shape index (κ3) is 4.07. The first-order valence-corrected chi connectivity index (χ1v) is 10.00. The minimum absolute atomic E-state index is 0.00984. The van der Waals surface area contributed by atoms with Gasteiger partial charge in [-0.05, 0) is 35.1 Å². The summed E-state index contributed by atoms with van der Waals surface area (Å²) in [6.07, 6.45) is 0. The van der Waals surface area contributed by atoms with Gasteiger partial charge in [0.1, 0.15) is 4.90 Å². The number of para-hydroxylation sites is 1. The fourth-order valence-electron chi connectivity index (χ4n) is 2.84. The molecule has 2 aromatic carbocycles. The summed E-state index contributed by atoms with van der Waals surface area (Å²) in [6, 6.07) is 11.8. The molecule has 0 heterocycles. The number of hydrogen-bond acceptors (Lipinski definition) is 4. The van der Waals surface area contributed by atoms with Crippen LogP contribution in [-0.2, 0) is 14.8 Å². The second kappa shape index (κ2) is 7.91. The zero-order valence-corrected chi connectivity index (χ0v) is 16.6. The zero-order chi connectivity index (χ0) is 19.5. The molecule has 0 aliphatic heterocycles. The number of ether oxygens (including phenoxy) is 1. The van der Waals surface area contributed by atoms with Gasteiger partial charge in [0.2, 0.25) is 0 Å². The van der Waals surface area contributed by atoms with Gasteiger partial charge in [0.25, 0.3) is 10.0 Å². The topological polar surface area (TPSA) is 72.5 Å². The minimum atomic E-state index is -3.96. The molecule has 2 aromatic rings. The third-order valence-corrected chi connectivity index (χ3v) is 5.60. The summed E-state index contributed by atoms with van der Waals surface area (Å²) in [4.78, 5) is 11.9. The second-order valence-electron chi connectivity index (χ2n) is 6.71. The van der Waals surface area contributed by atoms with Crippen LogP contribution in [0.1, 0.15) is 61.0 Å². The molecular formula is C20H25NO4S. The van der Waals surface area contributed by atoms with E-state index in [2.05, 4.69) is 4.72 Å². The number of carbonyl (C=O) groups is 1. The van der Waals surface area contributed by atoms with Crippen molar-refractivity contribution in [3.8, 4) is 0 Å². The van der Waals surface area contributed by atoms with Crippen molar-refractivity contribution in [3.63, 3.8) is 0 Å². The van der Waals surface area contributed by atoms with E-state index in [1.54, 1.807) is 12.1 Å². The van der Waals surface area contributed by atoms with E-state index in [9.17, 15) is 13.2 Å². The number of methoxy groups -OCH3 is 1. The lowest BCUT2D eigenvalue weighted by Gasteiger charge is -2.21. The molecule has 0 atom stereocenters. The molecule has 0 aliphatic rings. The van der Waals surface area contributed by atoms with E-state index in [1.807, 2.05) is 45.9 Å². The Morgan fingerprint density at radius 2 is 1.46 bits per heavy atom. The molecule has 0 aromatic heterocycles. The lowest BCUT2D eigenvalue weighted by Crippen LogP contribution is -2.19. The maximum atomic E-state index is 13.1. The SMILES string of the molecule is COC(=O)c1ccccc1S(=O)(=O)Nc1c(C(C)C)cccc1C(C)C. The number of carbonyl (C=O) groups excluding carboxylic acids is 1. The Bertz CT molecular complexity index is 876. The minimum Gasteiger partial charge on any atom is -0.465 e. The monoisotopic (exact) mass is 375 g/mol. The summed E-state index contributed by atoms with van der Waals surface area (Å²) >= 11 is 0. The Labute approximate surface area is 155 Å². The molecule has 0 aliphatic carbocycles. The smallest absolute Gasteiger partial charge is 0.339 e. The lowest BCUT2D eigenvalue weighted by molar-refractivity contribution is 0.0596. The number of benzene rings is 2. The third-order valence-electron chi connectivity index (χ3n) is 4.19. The molecular weight excluding hydrogens is 350 g/mol. The lowest BCUT2D eigenvalue weighted by atomic mass is 9.93. The standard InChI is InChI=1S/C20H25NO4S/c1-13(2)15-10-8-11-16(14(3)4)19(15)21-26(23,24)18-12-7-6-9-17(18)20(22)25-5/h6-14,21H,1-5H3. The number of esters is 1. The molecule has 2 rings (SSSR count). The van der Waals surface area contributed by atoms with Gasteiger partial charge in [-0.3, -0.25) is 4.72 Å². The second-order valence-corrected chi connectivity index (χ2v) is 8.36. The maximum absolute atomic E-state index is 13.1. The van der Waals surface area contributed by atoms with Gasteiger partial charge in [0.05, 0.1) is 18.4 Å². The molecule has 0 bridgehead atoms. The van der Waals surface area contributed by atoms with Crippen molar-refractivity contribution in [2.24, 2.45) is 0 Å². The van der Waals surface area contributed by atoms with Crippen LogP contribution in [0.15, 0.2) is 47.4 Å². The summed E-state index contributed by atoms with van der Waals surface area (Å²) < 4.78 is 33.6. The van der Waals surface area contributed by atoms with Crippen LogP contribution < -0.4 is 4.72 Å². The molecule has 0 saturated carbocycles. The summed E-state index contributed by atoms with van der Waals surface area (Å²) in [6.45, 7) is 8.05. The Hall–Kier alpha value is -2.34. The van der Waals surface area contributed by atoms with Crippen molar-refractivity contribution in [2.45, 2.75) is 44.4 Å². The first-order chi connectivity index (χ1) is 12.2. The highest BCUT2D eigenvalue weighted by Gasteiger charge is 2.25.